The second-order valence-corrected chi connectivity index (χ2v) is 5.28. The van der Waals surface area contributed by atoms with Gasteiger partial charge in [0.15, 0.2) is 0 Å². The second-order valence-electron chi connectivity index (χ2n) is 5.28. The lowest BCUT2D eigenvalue weighted by molar-refractivity contribution is -0.0277. The van der Waals surface area contributed by atoms with Crippen LogP contribution in [0.1, 0.15) is 57.3 Å². The Morgan fingerprint density at radius 3 is 2.60 bits per heavy atom. The van der Waals surface area contributed by atoms with E-state index >= 15 is 0 Å². The molecule has 1 saturated carbocycles. The highest BCUT2D eigenvalue weighted by Crippen LogP contribution is 2.40. The standard InChI is InChI=1S/C17H27NO2/c1-18(2)13-16(17(19)11-5-4-6-12-17)14-7-9-15(20-3)10-8-14/h7-10,16,19H,4-6,11-13H2,1-3H3/i1D3,2D3,3D3,16D. The molecule has 2 rings (SSSR count). The third kappa shape index (κ3) is 3.53. The number of aliphatic hydroxyl groups is 1. The summed E-state index contributed by atoms with van der Waals surface area (Å²) in [6, 6.07) is 5.37. The van der Waals surface area contributed by atoms with Crippen LogP contribution in [-0.4, -0.2) is 43.1 Å². The summed E-state index contributed by atoms with van der Waals surface area (Å²) in [5.74, 6) is -1.96. The Morgan fingerprint density at radius 1 is 1.30 bits per heavy atom. The van der Waals surface area contributed by atoms with E-state index in [-0.39, 0.29) is 29.1 Å². The molecule has 1 aliphatic rings. The van der Waals surface area contributed by atoms with E-state index in [9.17, 15) is 5.11 Å². The van der Waals surface area contributed by atoms with Gasteiger partial charge in [-0.25, -0.2) is 0 Å². The largest absolute Gasteiger partial charge is 0.497 e. The van der Waals surface area contributed by atoms with Crippen molar-refractivity contribution < 1.29 is 23.6 Å². The van der Waals surface area contributed by atoms with E-state index in [1.165, 1.54) is 24.3 Å². The molecule has 0 aliphatic heterocycles. The summed E-state index contributed by atoms with van der Waals surface area (Å²) in [6.07, 6.45) is 2.55. The SMILES string of the molecule is [2H]C([2H])([2H])Oc1ccc(C([2H])(CN(C([2H])([2H])[2H])C([2H])([2H])[2H])C2(O)CCCCC2)cc1. The zero-order chi connectivity index (χ0) is 23.0. The maximum Gasteiger partial charge on any atom is 0.118 e. The third-order valence-corrected chi connectivity index (χ3v) is 3.88. The molecule has 1 aromatic carbocycles. The number of ether oxygens (including phenoxy) is 1. The molecule has 0 bridgehead atoms. The number of benzene rings is 1. The van der Waals surface area contributed by atoms with Crippen LogP contribution in [0.2, 0.25) is 0 Å². The van der Waals surface area contributed by atoms with E-state index in [4.69, 9.17) is 18.4 Å². The molecule has 3 nitrogen and oxygen atoms in total. The molecule has 0 radical (unpaired) electrons. The first kappa shape index (κ1) is 6.80. The number of likely N-dealkylation sites (N-methyl/N-ethyl adjacent to an activating group) is 1. The van der Waals surface area contributed by atoms with E-state index in [1.54, 1.807) is 0 Å². The van der Waals surface area contributed by atoms with Crippen molar-refractivity contribution in [1.82, 2.24) is 4.90 Å². The van der Waals surface area contributed by atoms with E-state index < -0.39 is 39.0 Å². The van der Waals surface area contributed by atoms with Crippen molar-refractivity contribution in [2.24, 2.45) is 0 Å². The topological polar surface area (TPSA) is 32.7 Å². The third-order valence-electron chi connectivity index (χ3n) is 3.88. The molecular weight excluding hydrogens is 250 g/mol. The van der Waals surface area contributed by atoms with E-state index in [1.807, 2.05) is 0 Å². The maximum absolute atomic E-state index is 11.4. The van der Waals surface area contributed by atoms with Gasteiger partial charge in [0.25, 0.3) is 0 Å². The molecule has 0 aromatic heterocycles. The average molecular weight is 287 g/mol. The highest BCUT2D eigenvalue weighted by Gasteiger charge is 2.38. The van der Waals surface area contributed by atoms with Gasteiger partial charge < -0.3 is 14.7 Å². The van der Waals surface area contributed by atoms with Gasteiger partial charge in [-0.2, -0.15) is 0 Å². The smallest absolute Gasteiger partial charge is 0.118 e. The van der Waals surface area contributed by atoms with Crippen LogP contribution in [0, 0.1) is 0 Å². The van der Waals surface area contributed by atoms with Crippen LogP contribution in [0.25, 0.3) is 0 Å². The molecule has 3 heteroatoms. The van der Waals surface area contributed by atoms with Crippen molar-refractivity contribution in [3.63, 3.8) is 0 Å². The predicted molar refractivity (Wildman–Crippen MR) is 82.3 cm³/mol. The van der Waals surface area contributed by atoms with Crippen molar-refractivity contribution in [3.05, 3.63) is 29.8 Å². The first-order valence-electron chi connectivity index (χ1n) is 11.8. The fourth-order valence-corrected chi connectivity index (χ4v) is 2.83. The minimum absolute atomic E-state index is 0.0141. The quantitative estimate of drug-likeness (QED) is 0.903. The Labute approximate surface area is 136 Å². The number of methoxy groups -OCH3 is 1. The van der Waals surface area contributed by atoms with Gasteiger partial charge in [-0.05, 0) is 44.5 Å². The number of nitrogens with zero attached hydrogens (tertiary/aromatic N) is 1. The van der Waals surface area contributed by atoms with Crippen LogP contribution in [0.3, 0.4) is 0 Å². The van der Waals surface area contributed by atoms with Gasteiger partial charge in [0.2, 0.25) is 0 Å². The molecular formula is C17H27NO2. The van der Waals surface area contributed by atoms with Crippen LogP contribution in [0.15, 0.2) is 24.3 Å². The Balaban J connectivity index is 2.52. The van der Waals surface area contributed by atoms with Crippen LogP contribution in [0.4, 0.5) is 0 Å². The minimum atomic E-state index is -3.01. The Bertz CT molecular complexity index is 693. The summed E-state index contributed by atoms with van der Waals surface area (Å²) in [6.45, 7) is -6.77. The van der Waals surface area contributed by atoms with Gasteiger partial charge in [-0.3, -0.25) is 0 Å². The lowest BCUT2D eigenvalue weighted by atomic mass is 9.72. The summed E-state index contributed by atoms with van der Waals surface area (Å²) >= 11 is 0. The summed E-state index contributed by atoms with van der Waals surface area (Å²) in [4.78, 5) is 0.284. The average Bonchev–Trinajstić information content (AvgIpc) is 2.57. The molecule has 1 atom stereocenters. The normalized spacial score (nSPS) is 30.7. The molecule has 112 valence electrons. The molecule has 0 spiro atoms. The zero-order valence-electron chi connectivity index (χ0n) is 21.4. The van der Waals surface area contributed by atoms with Gasteiger partial charge in [0, 0.05) is 22.0 Å². The van der Waals surface area contributed by atoms with Gasteiger partial charge in [0.05, 0.1) is 16.8 Å². The van der Waals surface area contributed by atoms with Gasteiger partial charge in [-0.15, -0.1) is 0 Å². The number of rotatable bonds is 5. The first-order chi connectivity index (χ1) is 13.5. The van der Waals surface area contributed by atoms with Crippen molar-refractivity contribution in [3.8, 4) is 5.75 Å². The van der Waals surface area contributed by atoms with Crippen LogP contribution < -0.4 is 4.74 Å². The molecule has 1 N–H and O–H groups in total. The molecule has 1 fully saturated rings. The molecule has 1 aromatic rings. The summed E-state index contributed by atoms with van der Waals surface area (Å²) in [5.41, 5.74) is -1.46. The second kappa shape index (κ2) is 6.59. The van der Waals surface area contributed by atoms with Crippen molar-refractivity contribution in [2.45, 2.75) is 43.6 Å². The van der Waals surface area contributed by atoms with Gasteiger partial charge >= 0.3 is 0 Å². The molecule has 20 heavy (non-hydrogen) atoms. The number of hydrogen-bond donors (Lipinski definition) is 1. The predicted octanol–water partition coefficient (Wildman–Crippen LogP) is 3.04. The summed E-state index contributed by atoms with van der Waals surface area (Å²) in [7, 11) is -2.67. The van der Waals surface area contributed by atoms with Crippen molar-refractivity contribution in [2.75, 3.05) is 27.5 Å². The highest BCUT2D eigenvalue weighted by atomic mass is 16.5. The first-order valence-corrected chi connectivity index (χ1v) is 6.78. The molecule has 0 amide bonds. The van der Waals surface area contributed by atoms with E-state index in [0.29, 0.717) is 12.8 Å². The van der Waals surface area contributed by atoms with E-state index in [0.717, 1.165) is 6.42 Å². The number of hydrogen-bond acceptors (Lipinski definition) is 3. The van der Waals surface area contributed by atoms with Crippen LogP contribution in [0.5, 0.6) is 5.75 Å². The molecule has 1 unspecified atom stereocenters. The van der Waals surface area contributed by atoms with Crippen molar-refractivity contribution >= 4 is 0 Å². The molecule has 0 saturated heterocycles. The summed E-state index contributed by atoms with van der Waals surface area (Å²) in [5, 5.41) is 11.4. The molecule has 0 heterocycles. The monoisotopic (exact) mass is 287 g/mol. The van der Waals surface area contributed by atoms with Crippen LogP contribution >= 0.6 is 0 Å². The highest BCUT2D eigenvalue weighted by molar-refractivity contribution is 5.31. The molecule has 1 aliphatic carbocycles. The fourth-order valence-electron chi connectivity index (χ4n) is 2.83. The maximum atomic E-state index is 11.4. The van der Waals surface area contributed by atoms with E-state index in [2.05, 4.69) is 0 Å². The lowest BCUT2D eigenvalue weighted by Crippen LogP contribution is -2.42. The minimum Gasteiger partial charge on any atom is -0.497 e. The van der Waals surface area contributed by atoms with Crippen LogP contribution in [-0.2, 0) is 0 Å². The Hall–Kier alpha value is -1.06. The van der Waals surface area contributed by atoms with Gasteiger partial charge in [0.1, 0.15) is 5.75 Å². The zero-order valence-corrected chi connectivity index (χ0v) is 11.4. The summed E-state index contributed by atoms with van der Waals surface area (Å²) < 4.78 is 81.4. The van der Waals surface area contributed by atoms with Crippen molar-refractivity contribution in [1.29, 1.82) is 0 Å². The Morgan fingerprint density at radius 2 is 2.00 bits per heavy atom. The van der Waals surface area contributed by atoms with Gasteiger partial charge in [-0.1, -0.05) is 31.4 Å². The Kier molecular flexibility index (Phi) is 2.24. The fraction of sp³-hybridized carbons (Fsp3) is 0.647. The lowest BCUT2D eigenvalue weighted by Gasteiger charge is -2.40.